The first-order chi connectivity index (χ1) is 16.4. The van der Waals surface area contributed by atoms with E-state index in [9.17, 15) is 18.0 Å². The highest BCUT2D eigenvalue weighted by atomic mass is 19.4. The molecule has 5 rings (SSSR count). The maximum absolute atomic E-state index is 13.1. The van der Waals surface area contributed by atoms with E-state index in [0.29, 0.717) is 48.5 Å². The molecule has 0 saturated carbocycles. The number of alkyl halides is 3. The van der Waals surface area contributed by atoms with E-state index in [2.05, 4.69) is 25.7 Å². The SMILES string of the molecule is O=C(Nc1cnn(Cc2ccccc2)c1)C1CCN(c2ccc3nnc(C(F)(F)F)n3n2)CC1. The lowest BCUT2D eigenvalue weighted by Gasteiger charge is -2.31. The smallest absolute Gasteiger partial charge is 0.355 e. The minimum Gasteiger partial charge on any atom is -0.355 e. The zero-order valence-corrected chi connectivity index (χ0v) is 18.0. The van der Waals surface area contributed by atoms with Crippen LogP contribution in [0.1, 0.15) is 24.2 Å². The van der Waals surface area contributed by atoms with E-state index in [-0.39, 0.29) is 17.5 Å². The molecule has 4 heterocycles. The molecule has 0 aliphatic carbocycles. The van der Waals surface area contributed by atoms with Crippen LogP contribution in [0.4, 0.5) is 24.7 Å². The van der Waals surface area contributed by atoms with Gasteiger partial charge in [0.05, 0.1) is 18.4 Å². The molecule has 9 nitrogen and oxygen atoms in total. The third-order valence-electron chi connectivity index (χ3n) is 5.78. The van der Waals surface area contributed by atoms with Crippen molar-refractivity contribution in [1.29, 1.82) is 0 Å². The molecular weight excluding hydrogens is 449 g/mol. The van der Waals surface area contributed by atoms with Crippen LogP contribution >= 0.6 is 0 Å². The molecule has 34 heavy (non-hydrogen) atoms. The zero-order valence-electron chi connectivity index (χ0n) is 18.0. The number of rotatable bonds is 5. The highest BCUT2D eigenvalue weighted by molar-refractivity contribution is 5.92. The van der Waals surface area contributed by atoms with Gasteiger partial charge in [-0.1, -0.05) is 30.3 Å². The van der Waals surface area contributed by atoms with Crippen molar-refractivity contribution >= 4 is 23.1 Å². The number of hydrogen-bond donors (Lipinski definition) is 1. The van der Waals surface area contributed by atoms with Crippen LogP contribution in [0.15, 0.2) is 54.9 Å². The molecule has 1 amide bonds. The van der Waals surface area contributed by atoms with Crippen molar-refractivity contribution < 1.29 is 18.0 Å². The molecule has 0 unspecified atom stereocenters. The van der Waals surface area contributed by atoms with Gasteiger partial charge in [-0.25, -0.2) is 0 Å². The summed E-state index contributed by atoms with van der Waals surface area (Å²) in [7, 11) is 0. The molecule has 1 fully saturated rings. The van der Waals surface area contributed by atoms with Crippen molar-refractivity contribution in [1.82, 2.24) is 29.6 Å². The predicted octanol–water partition coefficient (Wildman–Crippen LogP) is 3.24. The average Bonchev–Trinajstić information content (AvgIpc) is 3.46. The van der Waals surface area contributed by atoms with Crippen molar-refractivity contribution in [2.75, 3.05) is 23.3 Å². The topological polar surface area (TPSA) is 93.2 Å². The first kappa shape index (κ1) is 21.9. The van der Waals surface area contributed by atoms with Crippen molar-refractivity contribution in [2.45, 2.75) is 25.6 Å². The Balaban J connectivity index is 1.19. The number of carbonyl (C=O) groups is 1. The fourth-order valence-corrected chi connectivity index (χ4v) is 4.02. The standard InChI is InChI=1S/C22H21F3N8O/c23-22(24,25)21-29-28-18-6-7-19(30-33(18)21)31-10-8-16(9-11-31)20(34)27-17-12-26-32(14-17)13-15-4-2-1-3-5-15/h1-7,12,14,16H,8-11,13H2,(H,27,34). The lowest BCUT2D eigenvalue weighted by atomic mass is 9.96. The number of anilines is 2. The molecule has 1 aliphatic rings. The summed E-state index contributed by atoms with van der Waals surface area (Å²) in [6.07, 6.45) is -0.135. The van der Waals surface area contributed by atoms with Gasteiger partial charge in [-0.3, -0.25) is 9.48 Å². The molecule has 0 atom stereocenters. The van der Waals surface area contributed by atoms with Gasteiger partial charge in [0.1, 0.15) is 5.82 Å². The number of benzene rings is 1. The molecule has 1 aromatic carbocycles. The molecule has 12 heteroatoms. The third-order valence-corrected chi connectivity index (χ3v) is 5.78. The molecule has 3 aromatic heterocycles. The van der Waals surface area contributed by atoms with Gasteiger partial charge in [-0.2, -0.15) is 22.8 Å². The molecule has 176 valence electrons. The number of nitrogens with zero attached hydrogens (tertiary/aromatic N) is 7. The van der Waals surface area contributed by atoms with E-state index in [0.717, 1.165) is 5.56 Å². The number of amides is 1. The van der Waals surface area contributed by atoms with Crippen LogP contribution in [0.3, 0.4) is 0 Å². The summed E-state index contributed by atoms with van der Waals surface area (Å²) in [6, 6.07) is 13.0. The van der Waals surface area contributed by atoms with Gasteiger partial charge in [0.15, 0.2) is 5.65 Å². The van der Waals surface area contributed by atoms with E-state index in [1.165, 1.54) is 6.07 Å². The second kappa shape index (κ2) is 8.76. The summed E-state index contributed by atoms with van der Waals surface area (Å²) < 4.78 is 41.9. The summed E-state index contributed by atoms with van der Waals surface area (Å²) in [5.41, 5.74) is 1.76. The van der Waals surface area contributed by atoms with Crippen LogP contribution in [0.2, 0.25) is 0 Å². The fourth-order valence-electron chi connectivity index (χ4n) is 4.02. The minimum absolute atomic E-state index is 0.0261. The van der Waals surface area contributed by atoms with E-state index in [1.807, 2.05) is 35.2 Å². The quantitative estimate of drug-likeness (QED) is 0.481. The first-order valence-electron chi connectivity index (χ1n) is 10.8. The Hall–Kier alpha value is -3.96. The summed E-state index contributed by atoms with van der Waals surface area (Å²) in [5.74, 6) is -1.08. The van der Waals surface area contributed by atoms with Crippen molar-refractivity contribution in [3.8, 4) is 0 Å². The van der Waals surface area contributed by atoms with E-state index in [1.54, 1.807) is 23.1 Å². The van der Waals surface area contributed by atoms with Gasteiger partial charge in [0, 0.05) is 25.2 Å². The highest BCUT2D eigenvalue weighted by Crippen LogP contribution is 2.29. The Bertz CT molecular complexity index is 1290. The Morgan fingerprint density at radius 2 is 1.82 bits per heavy atom. The Labute approximate surface area is 192 Å². The van der Waals surface area contributed by atoms with Crippen molar-refractivity contribution in [2.24, 2.45) is 5.92 Å². The maximum Gasteiger partial charge on any atom is 0.453 e. The van der Waals surface area contributed by atoms with Gasteiger partial charge in [0.25, 0.3) is 5.82 Å². The molecule has 0 bridgehead atoms. The first-order valence-corrected chi connectivity index (χ1v) is 10.8. The molecule has 0 spiro atoms. The third kappa shape index (κ3) is 4.56. The summed E-state index contributed by atoms with van der Waals surface area (Å²) in [6.45, 7) is 1.59. The van der Waals surface area contributed by atoms with Crippen molar-refractivity contribution in [3.05, 3.63) is 66.2 Å². The number of aromatic nitrogens is 6. The predicted molar refractivity (Wildman–Crippen MR) is 117 cm³/mol. The van der Waals surface area contributed by atoms with Crippen LogP contribution in [-0.4, -0.2) is 48.6 Å². The summed E-state index contributed by atoms with van der Waals surface area (Å²) in [4.78, 5) is 14.6. The summed E-state index contributed by atoms with van der Waals surface area (Å²) >= 11 is 0. The van der Waals surface area contributed by atoms with Gasteiger partial charge < -0.3 is 10.2 Å². The lowest BCUT2D eigenvalue weighted by molar-refractivity contribution is -0.146. The molecule has 0 radical (unpaired) electrons. The van der Waals surface area contributed by atoms with E-state index < -0.39 is 12.0 Å². The second-order valence-corrected chi connectivity index (χ2v) is 8.15. The zero-order chi connectivity index (χ0) is 23.7. The Morgan fingerprint density at radius 3 is 2.56 bits per heavy atom. The number of fused-ring (bicyclic) bond motifs is 1. The van der Waals surface area contributed by atoms with Crippen LogP contribution in [-0.2, 0) is 17.5 Å². The fraction of sp³-hybridized carbons (Fsp3) is 0.318. The van der Waals surface area contributed by atoms with Crippen LogP contribution in [0.25, 0.3) is 5.65 Å². The highest BCUT2D eigenvalue weighted by Gasteiger charge is 2.38. The molecule has 1 N–H and O–H groups in total. The van der Waals surface area contributed by atoms with Gasteiger partial charge >= 0.3 is 6.18 Å². The number of carbonyl (C=O) groups excluding carboxylic acids is 1. The Kier molecular flexibility index (Phi) is 5.64. The molecule has 1 aliphatic heterocycles. The van der Waals surface area contributed by atoms with E-state index in [4.69, 9.17) is 0 Å². The van der Waals surface area contributed by atoms with Gasteiger partial charge in [-0.15, -0.1) is 15.3 Å². The normalized spacial score (nSPS) is 15.1. The molecule has 1 saturated heterocycles. The Morgan fingerprint density at radius 1 is 1.06 bits per heavy atom. The minimum atomic E-state index is -4.65. The summed E-state index contributed by atoms with van der Waals surface area (Å²) in [5, 5.41) is 18.0. The number of halogens is 3. The maximum atomic E-state index is 13.1. The number of hydrogen-bond acceptors (Lipinski definition) is 6. The number of piperidine rings is 1. The van der Waals surface area contributed by atoms with Crippen LogP contribution in [0.5, 0.6) is 0 Å². The molecule has 4 aromatic rings. The van der Waals surface area contributed by atoms with Gasteiger partial charge in [-0.05, 0) is 30.5 Å². The van der Waals surface area contributed by atoms with E-state index >= 15 is 0 Å². The lowest BCUT2D eigenvalue weighted by Crippen LogP contribution is -2.38. The number of nitrogens with one attached hydrogen (secondary N) is 1. The molecular formula is C22H21F3N8O. The average molecular weight is 470 g/mol. The largest absolute Gasteiger partial charge is 0.453 e. The van der Waals surface area contributed by atoms with Gasteiger partial charge in [0.2, 0.25) is 5.91 Å². The van der Waals surface area contributed by atoms with Crippen LogP contribution in [0, 0.1) is 5.92 Å². The monoisotopic (exact) mass is 470 g/mol. The van der Waals surface area contributed by atoms with Crippen molar-refractivity contribution in [3.63, 3.8) is 0 Å². The van der Waals surface area contributed by atoms with Crippen LogP contribution < -0.4 is 10.2 Å². The second-order valence-electron chi connectivity index (χ2n) is 8.15.